The van der Waals surface area contributed by atoms with Crippen molar-refractivity contribution in [3.05, 3.63) is 95.1 Å². The predicted octanol–water partition coefficient (Wildman–Crippen LogP) is 7.48. The molecule has 0 unspecified atom stereocenters. The molecule has 0 saturated heterocycles. The van der Waals surface area contributed by atoms with Crippen molar-refractivity contribution in [3.8, 4) is 11.5 Å². The lowest BCUT2D eigenvalue weighted by Crippen LogP contribution is -2.18. The number of alkyl halides is 3. The van der Waals surface area contributed by atoms with Crippen LogP contribution in [0.4, 0.5) is 13.2 Å². The molecule has 0 atom stereocenters. The van der Waals surface area contributed by atoms with Gasteiger partial charge in [-0.2, -0.15) is 13.2 Å². The molecule has 33 heavy (non-hydrogen) atoms. The molecule has 174 valence electrons. The van der Waals surface area contributed by atoms with E-state index in [-0.39, 0.29) is 30.9 Å². The molecule has 6 heteroatoms. The summed E-state index contributed by atoms with van der Waals surface area (Å²) < 4.78 is 54.1. The summed E-state index contributed by atoms with van der Waals surface area (Å²) in [5.41, 5.74) is -0.149. The highest BCUT2D eigenvalue weighted by molar-refractivity contribution is 5.99. The summed E-state index contributed by atoms with van der Waals surface area (Å²) in [5.74, 6) is -1.28. The van der Waals surface area contributed by atoms with Gasteiger partial charge in [-0.15, -0.1) is 0 Å². The van der Waals surface area contributed by atoms with Crippen molar-refractivity contribution in [2.24, 2.45) is 5.41 Å². The summed E-state index contributed by atoms with van der Waals surface area (Å²) in [7, 11) is 0. The highest BCUT2D eigenvalue weighted by Gasteiger charge is 2.40. The Bertz CT molecular complexity index is 1070. The van der Waals surface area contributed by atoms with Crippen LogP contribution < -0.4 is 9.47 Å². The van der Waals surface area contributed by atoms with Crippen LogP contribution in [0.2, 0.25) is 0 Å². The zero-order valence-corrected chi connectivity index (χ0v) is 18.9. The number of ether oxygens (including phenoxy) is 2. The van der Waals surface area contributed by atoms with E-state index in [4.69, 9.17) is 9.47 Å². The van der Waals surface area contributed by atoms with Crippen molar-refractivity contribution in [1.29, 1.82) is 0 Å². The molecule has 0 aliphatic heterocycles. The van der Waals surface area contributed by atoms with E-state index in [1.54, 1.807) is 54.6 Å². The van der Waals surface area contributed by atoms with Gasteiger partial charge in [0.25, 0.3) is 0 Å². The molecule has 0 saturated carbocycles. The van der Waals surface area contributed by atoms with Gasteiger partial charge in [0, 0.05) is 6.42 Å². The minimum atomic E-state index is -4.78. The third-order valence-electron chi connectivity index (χ3n) is 4.86. The summed E-state index contributed by atoms with van der Waals surface area (Å²) in [4.78, 5) is 13.0. The van der Waals surface area contributed by atoms with E-state index >= 15 is 0 Å². The van der Waals surface area contributed by atoms with Crippen molar-refractivity contribution >= 4 is 5.78 Å². The van der Waals surface area contributed by atoms with Crippen molar-refractivity contribution in [1.82, 2.24) is 0 Å². The van der Waals surface area contributed by atoms with Gasteiger partial charge in [0.1, 0.15) is 30.3 Å². The monoisotopic (exact) mass is 456 g/mol. The van der Waals surface area contributed by atoms with Crippen LogP contribution in [-0.2, 0) is 19.4 Å². The van der Waals surface area contributed by atoms with Gasteiger partial charge >= 0.3 is 6.18 Å². The Morgan fingerprint density at radius 1 is 0.758 bits per heavy atom. The summed E-state index contributed by atoms with van der Waals surface area (Å²) in [6.07, 6.45) is -4.70. The largest absolute Gasteiger partial charge is 0.488 e. The van der Waals surface area contributed by atoms with Crippen LogP contribution in [0.15, 0.2) is 72.8 Å². The second-order valence-corrected chi connectivity index (χ2v) is 9.02. The number of hydrogen-bond acceptors (Lipinski definition) is 3. The van der Waals surface area contributed by atoms with E-state index in [2.05, 4.69) is 0 Å². The van der Waals surface area contributed by atoms with Gasteiger partial charge in [-0.1, -0.05) is 81.4 Å². The lowest BCUT2D eigenvalue weighted by molar-refractivity contribution is -0.140. The lowest BCUT2D eigenvalue weighted by atomic mass is 9.87. The molecule has 0 N–H and O–H groups in total. The third-order valence-corrected chi connectivity index (χ3v) is 4.86. The first-order chi connectivity index (χ1) is 15.5. The number of rotatable bonds is 8. The van der Waals surface area contributed by atoms with Gasteiger partial charge in [0.15, 0.2) is 5.78 Å². The Kier molecular flexibility index (Phi) is 7.46. The topological polar surface area (TPSA) is 35.5 Å². The van der Waals surface area contributed by atoms with Gasteiger partial charge in [-0.3, -0.25) is 4.79 Å². The van der Waals surface area contributed by atoms with E-state index in [0.29, 0.717) is 5.56 Å². The molecule has 3 rings (SSSR count). The van der Waals surface area contributed by atoms with Gasteiger partial charge < -0.3 is 9.47 Å². The smallest absolute Gasteiger partial charge is 0.423 e. The van der Waals surface area contributed by atoms with Crippen LogP contribution in [0.5, 0.6) is 11.5 Å². The highest BCUT2D eigenvalue weighted by atomic mass is 19.4. The molecule has 0 radical (unpaired) electrons. The Labute approximate surface area is 192 Å². The number of ketones is 1. The fraction of sp³-hybridized carbons (Fsp3) is 0.296. The minimum absolute atomic E-state index is 0.0443. The second-order valence-electron chi connectivity index (χ2n) is 9.02. The summed E-state index contributed by atoms with van der Waals surface area (Å²) in [6, 6.07) is 20.3. The average molecular weight is 457 g/mol. The van der Waals surface area contributed by atoms with Gasteiger partial charge in [0.05, 0.1) is 5.56 Å². The fourth-order valence-corrected chi connectivity index (χ4v) is 3.36. The Morgan fingerprint density at radius 3 is 1.76 bits per heavy atom. The molecule has 3 nitrogen and oxygen atoms in total. The number of hydrogen-bond donors (Lipinski definition) is 0. The predicted molar refractivity (Wildman–Crippen MR) is 121 cm³/mol. The quantitative estimate of drug-likeness (QED) is 0.330. The maximum Gasteiger partial charge on any atom is 0.423 e. The molecular weight excluding hydrogens is 429 g/mol. The zero-order valence-electron chi connectivity index (χ0n) is 18.9. The Morgan fingerprint density at radius 2 is 1.27 bits per heavy atom. The van der Waals surface area contributed by atoms with Crippen LogP contribution in [0.1, 0.15) is 54.2 Å². The van der Waals surface area contributed by atoms with Crippen LogP contribution >= 0.6 is 0 Å². The number of benzene rings is 3. The van der Waals surface area contributed by atoms with Crippen LogP contribution in [0, 0.1) is 5.41 Å². The molecule has 0 bridgehead atoms. The molecule has 0 aromatic heterocycles. The van der Waals surface area contributed by atoms with E-state index in [1.165, 1.54) is 12.1 Å². The van der Waals surface area contributed by atoms with Gasteiger partial charge in [-0.25, -0.2) is 0 Å². The van der Waals surface area contributed by atoms with E-state index < -0.39 is 28.7 Å². The molecule has 0 spiro atoms. The van der Waals surface area contributed by atoms with Crippen molar-refractivity contribution in [2.45, 2.75) is 46.6 Å². The SMILES string of the molecule is CC(C)(C)CC(=O)c1ccc(OCc2ccccc2)c(C(F)(F)F)c1OCc1ccccc1. The molecular formula is C27H27F3O3. The molecule has 0 aliphatic rings. The maximum absolute atomic E-state index is 14.3. The van der Waals surface area contributed by atoms with Crippen LogP contribution in [0.25, 0.3) is 0 Å². The second kappa shape index (κ2) is 10.1. The average Bonchev–Trinajstić information content (AvgIpc) is 2.75. The van der Waals surface area contributed by atoms with E-state index in [0.717, 1.165) is 5.56 Å². The van der Waals surface area contributed by atoms with E-state index in [1.807, 2.05) is 26.8 Å². The first kappa shape index (κ1) is 24.4. The van der Waals surface area contributed by atoms with Gasteiger partial charge in [-0.05, 0) is 28.7 Å². The maximum atomic E-state index is 14.3. The first-order valence-electron chi connectivity index (χ1n) is 10.7. The molecule has 3 aromatic carbocycles. The number of carbonyl (C=O) groups excluding carboxylic acids is 1. The number of carbonyl (C=O) groups is 1. The normalized spacial score (nSPS) is 11.8. The third kappa shape index (κ3) is 6.85. The van der Waals surface area contributed by atoms with Crippen LogP contribution in [0.3, 0.4) is 0 Å². The molecule has 0 fully saturated rings. The fourth-order valence-electron chi connectivity index (χ4n) is 3.36. The Balaban J connectivity index is 2.04. The summed E-state index contributed by atoms with van der Waals surface area (Å²) in [5, 5.41) is 0. The van der Waals surface area contributed by atoms with E-state index in [9.17, 15) is 18.0 Å². The lowest BCUT2D eigenvalue weighted by Gasteiger charge is -2.23. The minimum Gasteiger partial charge on any atom is -0.488 e. The van der Waals surface area contributed by atoms with Gasteiger partial charge in [0.2, 0.25) is 0 Å². The zero-order chi connectivity index (χ0) is 24.1. The number of Topliss-reactive ketones (excluding diaryl/α,β-unsaturated/α-hetero) is 1. The summed E-state index contributed by atoms with van der Waals surface area (Å²) in [6.45, 7) is 5.42. The molecule has 0 heterocycles. The molecule has 0 aliphatic carbocycles. The molecule has 0 amide bonds. The van der Waals surface area contributed by atoms with Crippen LogP contribution in [-0.4, -0.2) is 5.78 Å². The van der Waals surface area contributed by atoms with Crippen molar-refractivity contribution in [2.75, 3.05) is 0 Å². The first-order valence-corrected chi connectivity index (χ1v) is 10.7. The number of halogens is 3. The standard InChI is InChI=1S/C27H27F3O3/c1-26(2,3)16-22(31)21-14-15-23(32-17-19-10-6-4-7-11-19)24(27(28,29)30)25(21)33-18-20-12-8-5-9-13-20/h4-15H,16-18H2,1-3H3. The van der Waals surface area contributed by atoms with Crippen molar-refractivity contribution in [3.63, 3.8) is 0 Å². The molecule has 3 aromatic rings. The van der Waals surface area contributed by atoms with Crippen molar-refractivity contribution < 1.29 is 27.4 Å². The summed E-state index contributed by atoms with van der Waals surface area (Å²) >= 11 is 0. The Hall–Kier alpha value is -3.28. The highest BCUT2D eigenvalue weighted by Crippen LogP contribution is 2.45.